The molecule has 2 aromatic rings. The highest BCUT2D eigenvalue weighted by molar-refractivity contribution is 6.29. The number of hydrogen-bond donors (Lipinski definition) is 1. The summed E-state index contributed by atoms with van der Waals surface area (Å²) in [6.07, 6.45) is 6.24. The van der Waals surface area contributed by atoms with Crippen molar-refractivity contribution in [2.75, 3.05) is 13.1 Å². The molecule has 1 aliphatic heterocycles. The van der Waals surface area contributed by atoms with Gasteiger partial charge in [0.25, 0.3) is 5.91 Å². The third-order valence-corrected chi connectivity index (χ3v) is 4.54. The van der Waals surface area contributed by atoms with Gasteiger partial charge in [0.15, 0.2) is 0 Å². The molecule has 3 heterocycles. The monoisotopic (exact) mass is 358 g/mol. The van der Waals surface area contributed by atoms with E-state index in [9.17, 15) is 9.59 Å². The number of rotatable bonds is 4. The zero-order valence-electron chi connectivity index (χ0n) is 13.7. The van der Waals surface area contributed by atoms with Crippen molar-refractivity contribution in [3.63, 3.8) is 0 Å². The molecule has 7 heteroatoms. The zero-order valence-corrected chi connectivity index (χ0v) is 14.4. The molecule has 3 rings (SSSR count). The van der Waals surface area contributed by atoms with E-state index in [0.717, 1.165) is 5.56 Å². The van der Waals surface area contributed by atoms with Crippen molar-refractivity contribution in [1.82, 2.24) is 20.2 Å². The van der Waals surface area contributed by atoms with Crippen LogP contribution in [0.1, 0.15) is 28.8 Å². The highest BCUT2D eigenvalue weighted by atomic mass is 35.5. The van der Waals surface area contributed by atoms with Gasteiger partial charge in [0.05, 0.1) is 5.56 Å². The summed E-state index contributed by atoms with van der Waals surface area (Å²) in [5.41, 5.74) is 1.49. The van der Waals surface area contributed by atoms with Gasteiger partial charge < -0.3 is 10.2 Å². The summed E-state index contributed by atoms with van der Waals surface area (Å²) in [5.74, 6) is -0.105. The van der Waals surface area contributed by atoms with Gasteiger partial charge >= 0.3 is 0 Å². The quantitative estimate of drug-likeness (QED) is 0.851. The fourth-order valence-electron chi connectivity index (χ4n) is 2.87. The average molecular weight is 359 g/mol. The molecular formula is C18H19ClN4O2. The van der Waals surface area contributed by atoms with Crippen molar-refractivity contribution in [1.29, 1.82) is 0 Å². The molecule has 1 saturated heterocycles. The molecular weight excluding hydrogens is 340 g/mol. The van der Waals surface area contributed by atoms with E-state index in [1.54, 1.807) is 29.4 Å². The van der Waals surface area contributed by atoms with E-state index in [1.807, 2.05) is 12.1 Å². The molecule has 0 aromatic carbocycles. The Morgan fingerprint density at radius 2 is 2.00 bits per heavy atom. The Hall–Kier alpha value is -2.47. The number of likely N-dealkylation sites (tertiary alicyclic amines) is 1. The van der Waals surface area contributed by atoms with Crippen molar-refractivity contribution in [3.8, 4) is 0 Å². The van der Waals surface area contributed by atoms with Crippen LogP contribution < -0.4 is 5.32 Å². The Labute approximate surface area is 151 Å². The summed E-state index contributed by atoms with van der Waals surface area (Å²) in [7, 11) is 0. The molecule has 1 aliphatic rings. The number of carbonyl (C=O) groups is 2. The summed E-state index contributed by atoms with van der Waals surface area (Å²) in [6, 6.07) is 7.05. The van der Waals surface area contributed by atoms with E-state index in [-0.39, 0.29) is 17.7 Å². The maximum atomic E-state index is 12.4. The highest BCUT2D eigenvalue weighted by Crippen LogP contribution is 2.19. The molecule has 130 valence electrons. The number of pyridine rings is 2. The van der Waals surface area contributed by atoms with E-state index < -0.39 is 0 Å². The maximum absolute atomic E-state index is 12.4. The van der Waals surface area contributed by atoms with Gasteiger partial charge in [0.1, 0.15) is 5.15 Å². The third-order valence-electron chi connectivity index (χ3n) is 4.32. The molecule has 0 atom stereocenters. The molecule has 1 fully saturated rings. The largest absolute Gasteiger partial charge is 0.352 e. The molecule has 0 spiro atoms. The standard InChI is InChI=1S/C18H19ClN4O2/c19-16-4-3-15(12-21-16)18(25)23-8-5-14(6-9-23)17(24)22-11-13-2-1-7-20-10-13/h1-4,7,10,12,14H,5-6,8-9,11H2,(H,22,24). The first-order valence-corrected chi connectivity index (χ1v) is 8.59. The van der Waals surface area contributed by atoms with Gasteiger partial charge in [-0.3, -0.25) is 14.6 Å². The predicted octanol–water partition coefficient (Wildman–Crippen LogP) is 2.30. The maximum Gasteiger partial charge on any atom is 0.255 e. The normalized spacial score (nSPS) is 15.0. The number of nitrogens with zero attached hydrogens (tertiary/aromatic N) is 3. The summed E-state index contributed by atoms with van der Waals surface area (Å²) in [5, 5.41) is 3.31. The molecule has 2 amide bonds. The fourth-order valence-corrected chi connectivity index (χ4v) is 2.98. The van der Waals surface area contributed by atoms with E-state index >= 15 is 0 Å². The van der Waals surface area contributed by atoms with Gasteiger partial charge in [0, 0.05) is 44.1 Å². The van der Waals surface area contributed by atoms with Gasteiger partial charge in [-0.2, -0.15) is 0 Å². The van der Waals surface area contributed by atoms with E-state index in [0.29, 0.717) is 43.2 Å². The number of halogens is 1. The van der Waals surface area contributed by atoms with Crippen LogP contribution in [-0.4, -0.2) is 39.8 Å². The molecule has 6 nitrogen and oxygen atoms in total. The summed E-state index contributed by atoms with van der Waals surface area (Å²) in [6.45, 7) is 1.60. The fraction of sp³-hybridized carbons (Fsp3) is 0.333. The van der Waals surface area contributed by atoms with Crippen LogP contribution in [-0.2, 0) is 11.3 Å². The van der Waals surface area contributed by atoms with Gasteiger partial charge in [-0.05, 0) is 36.6 Å². The summed E-state index contributed by atoms with van der Waals surface area (Å²) < 4.78 is 0. The SMILES string of the molecule is O=C(NCc1cccnc1)C1CCN(C(=O)c2ccc(Cl)nc2)CC1. The van der Waals surface area contributed by atoms with Gasteiger partial charge in [0.2, 0.25) is 5.91 Å². The van der Waals surface area contributed by atoms with Crippen LogP contribution in [0.3, 0.4) is 0 Å². The molecule has 0 unspecified atom stereocenters. The average Bonchev–Trinajstić information content (AvgIpc) is 2.67. The molecule has 0 radical (unpaired) electrons. The lowest BCUT2D eigenvalue weighted by Gasteiger charge is -2.31. The Kier molecular flexibility index (Phi) is 5.60. The number of aromatic nitrogens is 2. The van der Waals surface area contributed by atoms with Crippen LogP contribution in [0, 0.1) is 5.92 Å². The van der Waals surface area contributed by atoms with Crippen molar-refractivity contribution >= 4 is 23.4 Å². The van der Waals surface area contributed by atoms with Crippen LogP contribution in [0.5, 0.6) is 0 Å². The number of hydrogen-bond acceptors (Lipinski definition) is 4. The topological polar surface area (TPSA) is 75.2 Å². The minimum atomic E-state index is -0.0709. The van der Waals surface area contributed by atoms with Crippen molar-refractivity contribution in [2.45, 2.75) is 19.4 Å². The van der Waals surface area contributed by atoms with Crippen molar-refractivity contribution < 1.29 is 9.59 Å². The Balaban J connectivity index is 1.48. The zero-order chi connectivity index (χ0) is 17.6. The highest BCUT2D eigenvalue weighted by Gasteiger charge is 2.27. The number of amides is 2. The van der Waals surface area contributed by atoms with Crippen LogP contribution in [0.15, 0.2) is 42.9 Å². The number of carbonyl (C=O) groups excluding carboxylic acids is 2. The number of nitrogens with one attached hydrogen (secondary N) is 1. The molecule has 0 saturated carbocycles. The Bertz CT molecular complexity index is 729. The van der Waals surface area contributed by atoms with Crippen LogP contribution in [0.2, 0.25) is 5.15 Å². The molecule has 2 aromatic heterocycles. The number of piperidine rings is 1. The lowest BCUT2D eigenvalue weighted by Crippen LogP contribution is -2.43. The first kappa shape index (κ1) is 17.4. The second-order valence-corrected chi connectivity index (χ2v) is 6.40. The van der Waals surface area contributed by atoms with E-state index in [2.05, 4.69) is 15.3 Å². The van der Waals surface area contributed by atoms with E-state index in [4.69, 9.17) is 11.6 Å². The first-order chi connectivity index (χ1) is 12.1. The smallest absolute Gasteiger partial charge is 0.255 e. The second kappa shape index (κ2) is 8.07. The molecule has 25 heavy (non-hydrogen) atoms. The van der Waals surface area contributed by atoms with Gasteiger partial charge in [-0.15, -0.1) is 0 Å². The van der Waals surface area contributed by atoms with Crippen molar-refractivity contribution in [3.05, 3.63) is 59.1 Å². The summed E-state index contributed by atoms with van der Waals surface area (Å²) >= 11 is 5.75. The molecule has 1 N–H and O–H groups in total. The van der Waals surface area contributed by atoms with E-state index in [1.165, 1.54) is 6.20 Å². The minimum Gasteiger partial charge on any atom is -0.352 e. The molecule has 0 aliphatic carbocycles. The third kappa shape index (κ3) is 4.54. The van der Waals surface area contributed by atoms with Crippen molar-refractivity contribution in [2.24, 2.45) is 5.92 Å². The van der Waals surface area contributed by atoms with Crippen LogP contribution >= 0.6 is 11.6 Å². The van der Waals surface area contributed by atoms with Gasteiger partial charge in [-0.1, -0.05) is 17.7 Å². The van der Waals surface area contributed by atoms with Gasteiger partial charge in [-0.25, -0.2) is 4.98 Å². The molecule has 0 bridgehead atoms. The second-order valence-electron chi connectivity index (χ2n) is 6.02. The first-order valence-electron chi connectivity index (χ1n) is 8.21. The Morgan fingerprint density at radius 3 is 2.64 bits per heavy atom. The predicted molar refractivity (Wildman–Crippen MR) is 94.0 cm³/mol. The minimum absolute atomic E-state index is 0.0316. The summed E-state index contributed by atoms with van der Waals surface area (Å²) in [4.78, 5) is 34.5. The lowest BCUT2D eigenvalue weighted by atomic mass is 9.95. The Morgan fingerprint density at radius 1 is 1.20 bits per heavy atom. The van der Waals surface area contributed by atoms with Crippen LogP contribution in [0.25, 0.3) is 0 Å². The van der Waals surface area contributed by atoms with Crippen LogP contribution in [0.4, 0.5) is 0 Å². The lowest BCUT2D eigenvalue weighted by molar-refractivity contribution is -0.126.